The molecule has 3 heteroatoms. The van der Waals surface area contributed by atoms with Crippen LogP contribution in [0.25, 0.3) is 0 Å². The molecule has 0 N–H and O–H groups in total. The first-order valence-corrected chi connectivity index (χ1v) is 5.48. The van der Waals surface area contributed by atoms with Gasteiger partial charge in [-0.1, -0.05) is 15.9 Å². The van der Waals surface area contributed by atoms with Gasteiger partial charge in [0, 0.05) is 22.3 Å². The van der Waals surface area contributed by atoms with E-state index in [1.54, 1.807) is 7.11 Å². The first-order chi connectivity index (χ1) is 6.81. The number of rotatable bonds is 2. The number of halogens is 1. The van der Waals surface area contributed by atoms with Gasteiger partial charge in [0.2, 0.25) is 0 Å². The topological polar surface area (TPSA) is 21.6 Å². The van der Waals surface area contributed by atoms with Gasteiger partial charge in [0.15, 0.2) is 0 Å². The monoisotopic (exact) mass is 253 g/mol. The number of benzene rings is 1. The van der Waals surface area contributed by atoms with E-state index in [4.69, 9.17) is 4.74 Å². The third kappa shape index (κ3) is 1.82. The van der Waals surface area contributed by atoms with Gasteiger partial charge >= 0.3 is 0 Å². The highest BCUT2D eigenvalue weighted by molar-refractivity contribution is 9.10. The summed E-state index contributed by atoms with van der Waals surface area (Å²) in [6.07, 6.45) is 2.24. The number of methoxy groups -OCH3 is 1. The molecule has 1 aliphatic heterocycles. The third-order valence-corrected chi connectivity index (χ3v) is 3.05. The van der Waals surface area contributed by atoms with E-state index in [9.17, 15) is 0 Å². The van der Waals surface area contributed by atoms with Crippen molar-refractivity contribution >= 4 is 21.6 Å². The molecule has 0 saturated heterocycles. The van der Waals surface area contributed by atoms with Gasteiger partial charge in [0.1, 0.15) is 5.75 Å². The lowest BCUT2D eigenvalue weighted by Crippen LogP contribution is -1.98. The van der Waals surface area contributed by atoms with Crippen LogP contribution in [0, 0.1) is 0 Å². The fourth-order valence-corrected chi connectivity index (χ4v) is 2.09. The van der Waals surface area contributed by atoms with Crippen LogP contribution in [0.1, 0.15) is 18.4 Å². The Labute approximate surface area is 92.1 Å². The smallest absolute Gasteiger partial charge is 0.119 e. The van der Waals surface area contributed by atoms with Crippen molar-refractivity contribution in [3.8, 4) is 5.75 Å². The van der Waals surface area contributed by atoms with E-state index in [-0.39, 0.29) is 0 Å². The Morgan fingerprint density at radius 1 is 1.43 bits per heavy atom. The molecule has 1 aliphatic rings. The van der Waals surface area contributed by atoms with E-state index in [1.807, 2.05) is 18.2 Å². The zero-order chi connectivity index (χ0) is 9.97. The van der Waals surface area contributed by atoms with Gasteiger partial charge in [-0.15, -0.1) is 0 Å². The molecule has 2 rings (SSSR count). The van der Waals surface area contributed by atoms with Crippen molar-refractivity contribution in [2.75, 3.05) is 13.7 Å². The van der Waals surface area contributed by atoms with Gasteiger partial charge in [0.05, 0.1) is 7.11 Å². The summed E-state index contributed by atoms with van der Waals surface area (Å²) < 4.78 is 6.29. The number of ether oxygens (including phenoxy) is 1. The van der Waals surface area contributed by atoms with Gasteiger partial charge in [-0.2, -0.15) is 0 Å². The van der Waals surface area contributed by atoms with Crippen molar-refractivity contribution in [2.45, 2.75) is 12.8 Å². The molecule has 0 radical (unpaired) electrons. The molecule has 0 bridgehead atoms. The van der Waals surface area contributed by atoms with Crippen molar-refractivity contribution < 1.29 is 4.74 Å². The normalized spacial score (nSPS) is 15.4. The zero-order valence-corrected chi connectivity index (χ0v) is 9.67. The molecule has 0 fully saturated rings. The van der Waals surface area contributed by atoms with Crippen LogP contribution in [0.15, 0.2) is 27.7 Å². The molecule has 0 unspecified atom stereocenters. The summed E-state index contributed by atoms with van der Waals surface area (Å²) in [6.45, 7) is 0.957. The maximum atomic E-state index is 5.19. The zero-order valence-electron chi connectivity index (χ0n) is 8.09. The van der Waals surface area contributed by atoms with Crippen LogP contribution in [0.2, 0.25) is 0 Å². The average molecular weight is 254 g/mol. The Bertz CT molecular complexity index is 374. The second kappa shape index (κ2) is 4.13. The van der Waals surface area contributed by atoms with Crippen molar-refractivity contribution in [3.63, 3.8) is 0 Å². The number of aliphatic imine (C=N–C) groups is 1. The highest BCUT2D eigenvalue weighted by Gasteiger charge is 2.12. The SMILES string of the molecule is COc1ccc(Br)c(C2=NCCC2)c1. The Balaban J connectivity index is 2.40. The van der Waals surface area contributed by atoms with Crippen LogP contribution in [0.4, 0.5) is 0 Å². The van der Waals surface area contributed by atoms with Crippen molar-refractivity contribution in [3.05, 3.63) is 28.2 Å². The van der Waals surface area contributed by atoms with Gasteiger partial charge in [-0.3, -0.25) is 4.99 Å². The van der Waals surface area contributed by atoms with Crippen LogP contribution in [0.5, 0.6) is 5.75 Å². The lowest BCUT2D eigenvalue weighted by atomic mass is 10.1. The van der Waals surface area contributed by atoms with Crippen molar-refractivity contribution in [2.24, 2.45) is 4.99 Å². The van der Waals surface area contributed by atoms with E-state index >= 15 is 0 Å². The minimum atomic E-state index is 0.887. The summed E-state index contributed by atoms with van der Waals surface area (Å²) in [5.41, 5.74) is 2.36. The second-order valence-corrected chi connectivity index (χ2v) is 4.13. The third-order valence-electron chi connectivity index (χ3n) is 2.36. The van der Waals surface area contributed by atoms with E-state index in [1.165, 1.54) is 17.7 Å². The molecule has 0 amide bonds. The molecular formula is C11H12BrNO. The first-order valence-electron chi connectivity index (χ1n) is 4.68. The first kappa shape index (κ1) is 9.71. The number of hydrogen-bond donors (Lipinski definition) is 0. The Kier molecular flexibility index (Phi) is 2.87. The predicted molar refractivity (Wildman–Crippen MR) is 61.3 cm³/mol. The van der Waals surface area contributed by atoms with E-state index in [0.717, 1.165) is 23.2 Å². The van der Waals surface area contributed by atoms with E-state index < -0.39 is 0 Å². The van der Waals surface area contributed by atoms with Gasteiger partial charge in [-0.25, -0.2) is 0 Å². The molecule has 2 nitrogen and oxygen atoms in total. The standard InChI is InChI=1S/C11H12BrNO/c1-14-8-4-5-10(12)9(7-8)11-3-2-6-13-11/h4-5,7H,2-3,6H2,1H3. The van der Waals surface area contributed by atoms with E-state index in [0.29, 0.717) is 0 Å². The van der Waals surface area contributed by atoms with Gasteiger partial charge in [0.25, 0.3) is 0 Å². The lowest BCUT2D eigenvalue weighted by molar-refractivity contribution is 0.414. The molecule has 0 saturated carbocycles. The molecule has 0 atom stereocenters. The van der Waals surface area contributed by atoms with Crippen LogP contribution in [-0.2, 0) is 0 Å². The van der Waals surface area contributed by atoms with Gasteiger partial charge < -0.3 is 4.74 Å². The molecule has 0 aromatic heterocycles. The second-order valence-electron chi connectivity index (χ2n) is 3.28. The summed E-state index contributed by atoms with van der Waals surface area (Å²) in [4.78, 5) is 4.47. The van der Waals surface area contributed by atoms with Crippen LogP contribution in [0.3, 0.4) is 0 Å². The Morgan fingerprint density at radius 3 is 2.93 bits per heavy atom. The minimum absolute atomic E-state index is 0.887. The molecule has 74 valence electrons. The van der Waals surface area contributed by atoms with E-state index in [2.05, 4.69) is 20.9 Å². The molecule has 0 aliphatic carbocycles. The quantitative estimate of drug-likeness (QED) is 0.794. The van der Waals surface area contributed by atoms with Crippen LogP contribution in [-0.4, -0.2) is 19.4 Å². The van der Waals surface area contributed by atoms with Crippen LogP contribution >= 0.6 is 15.9 Å². The molecule has 0 spiro atoms. The highest BCUT2D eigenvalue weighted by atomic mass is 79.9. The van der Waals surface area contributed by atoms with Gasteiger partial charge in [-0.05, 0) is 31.0 Å². The fourth-order valence-electron chi connectivity index (χ4n) is 1.61. The molecule has 1 heterocycles. The predicted octanol–water partition coefficient (Wildman–Crippen LogP) is 3.04. The Hall–Kier alpha value is -0.830. The number of hydrogen-bond acceptors (Lipinski definition) is 2. The summed E-state index contributed by atoms with van der Waals surface area (Å²) >= 11 is 3.53. The van der Waals surface area contributed by atoms with Crippen molar-refractivity contribution in [1.29, 1.82) is 0 Å². The van der Waals surface area contributed by atoms with Crippen LogP contribution < -0.4 is 4.74 Å². The maximum Gasteiger partial charge on any atom is 0.119 e. The molecule has 1 aromatic rings. The summed E-state index contributed by atoms with van der Waals surface area (Å²) in [5.74, 6) is 0.887. The maximum absolute atomic E-state index is 5.19. The highest BCUT2D eigenvalue weighted by Crippen LogP contribution is 2.26. The summed E-state index contributed by atoms with van der Waals surface area (Å²) in [7, 11) is 1.68. The molecular weight excluding hydrogens is 242 g/mol. The molecule has 14 heavy (non-hydrogen) atoms. The van der Waals surface area contributed by atoms with Crippen molar-refractivity contribution in [1.82, 2.24) is 0 Å². The summed E-state index contributed by atoms with van der Waals surface area (Å²) in [6, 6.07) is 5.99. The lowest BCUT2D eigenvalue weighted by Gasteiger charge is -2.06. The Morgan fingerprint density at radius 2 is 2.29 bits per heavy atom. The molecule has 1 aromatic carbocycles. The number of nitrogens with zero attached hydrogens (tertiary/aromatic N) is 1. The fraction of sp³-hybridized carbons (Fsp3) is 0.364. The minimum Gasteiger partial charge on any atom is -0.497 e. The average Bonchev–Trinajstić information content (AvgIpc) is 2.71. The largest absolute Gasteiger partial charge is 0.497 e. The summed E-state index contributed by atoms with van der Waals surface area (Å²) in [5, 5.41) is 0.